The average Bonchev–Trinajstić information content (AvgIpc) is 2.39. The standard InChI is InChI=1S/C14H21ClN2O2S/c1-11(2)17-9-7-13(8-10-17)16-20(18,19)14-5-3-12(15)4-6-14/h3-6,11,13,16H,7-10H2,1-2H3. The normalized spacial score (nSPS) is 18.6. The minimum absolute atomic E-state index is 0.0191. The van der Waals surface area contributed by atoms with E-state index in [0.29, 0.717) is 11.1 Å². The Kier molecular flexibility index (Phi) is 5.07. The maximum absolute atomic E-state index is 12.3. The van der Waals surface area contributed by atoms with Crippen LogP contribution < -0.4 is 4.72 Å². The molecule has 1 N–H and O–H groups in total. The first-order valence-corrected chi connectivity index (χ1v) is 8.76. The molecule has 0 saturated carbocycles. The van der Waals surface area contributed by atoms with Crippen LogP contribution >= 0.6 is 11.6 Å². The number of rotatable bonds is 4. The predicted octanol–water partition coefficient (Wildman–Crippen LogP) is 2.49. The van der Waals surface area contributed by atoms with Crippen LogP contribution in [0, 0.1) is 0 Å². The van der Waals surface area contributed by atoms with Crippen LogP contribution in [0.25, 0.3) is 0 Å². The van der Waals surface area contributed by atoms with Gasteiger partial charge in [-0.3, -0.25) is 0 Å². The van der Waals surface area contributed by atoms with Crippen molar-refractivity contribution in [1.82, 2.24) is 9.62 Å². The van der Waals surface area contributed by atoms with Crippen LogP contribution in [0.4, 0.5) is 0 Å². The maximum atomic E-state index is 12.3. The summed E-state index contributed by atoms with van der Waals surface area (Å²) in [6, 6.07) is 6.80. The molecule has 0 atom stereocenters. The molecule has 1 aliphatic rings. The average molecular weight is 317 g/mol. The zero-order valence-corrected chi connectivity index (χ0v) is 13.4. The van der Waals surface area contributed by atoms with Gasteiger partial charge in [-0.25, -0.2) is 13.1 Å². The van der Waals surface area contributed by atoms with Crippen LogP contribution in [-0.4, -0.2) is 38.5 Å². The van der Waals surface area contributed by atoms with Crippen LogP contribution in [0.15, 0.2) is 29.2 Å². The molecule has 1 aromatic carbocycles. The number of piperidine rings is 1. The minimum Gasteiger partial charge on any atom is -0.301 e. The third-order valence-electron chi connectivity index (χ3n) is 3.71. The van der Waals surface area contributed by atoms with E-state index in [4.69, 9.17) is 11.6 Å². The summed E-state index contributed by atoms with van der Waals surface area (Å²) in [7, 11) is -3.44. The number of nitrogens with one attached hydrogen (secondary N) is 1. The molecule has 0 aromatic heterocycles. The van der Waals surface area contributed by atoms with Gasteiger partial charge in [0.05, 0.1) is 4.90 Å². The van der Waals surface area contributed by atoms with Crippen LogP contribution in [0.2, 0.25) is 5.02 Å². The summed E-state index contributed by atoms with van der Waals surface area (Å²) in [6.45, 7) is 6.20. The Hall–Kier alpha value is -0.620. The van der Waals surface area contributed by atoms with E-state index in [-0.39, 0.29) is 10.9 Å². The summed E-state index contributed by atoms with van der Waals surface area (Å²) in [5.41, 5.74) is 0. The molecule has 1 aromatic rings. The van der Waals surface area contributed by atoms with E-state index in [1.807, 2.05) is 0 Å². The lowest BCUT2D eigenvalue weighted by atomic mass is 10.1. The summed E-state index contributed by atoms with van der Waals surface area (Å²) in [6.07, 6.45) is 1.70. The molecule has 0 radical (unpaired) electrons. The summed E-state index contributed by atoms with van der Waals surface area (Å²) >= 11 is 5.78. The molecule has 0 spiro atoms. The number of hydrogen-bond donors (Lipinski definition) is 1. The first-order valence-electron chi connectivity index (χ1n) is 6.90. The predicted molar refractivity (Wildman–Crippen MR) is 81.5 cm³/mol. The molecule has 1 fully saturated rings. The molecule has 6 heteroatoms. The van der Waals surface area contributed by atoms with Gasteiger partial charge in [0.25, 0.3) is 0 Å². The largest absolute Gasteiger partial charge is 0.301 e. The van der Waals surface area contributed by atoms with Gasteiger partial charge in [-0.05, 0) is 64.0 Å². The maximum Gasteiger partial charge on any atom is 0.240 e. The molecule has 0 aliphatic carbocycles. The molecule has 0 unspecified atom stereocenters. The Bertz CT molecular complexity index is 535. The van der Waals surface area contributed by atoms with Crippen LogP contribution in [0.1, 0.15) is 26.7 Å². The zero-order valence-electron chi connectivity index (χ0n) is 11.8. The van der Waals surface area contributed by atoms with E-state index in [1.54, 1.807) is 12.1 Å². The Balaban J connectivity index is 1.98. The van der Waals surface area contributed by atoms with Crippen molar-refractivity contribution in [3.8, 4) is 0 Å². The Morgan fingerprint density at radius 3 is 2.25 bits per heavy atom. The third kappa shape index (κ3) is 3.95. The van der Waals surface area contributed by atoms with Crippen molar-refractivity contribution in [1.29, 1.82) is 0 Å². The SMILES string of the molecule is CC(C)N1CCC(NS(=O)(=O)c2ccc(Cl)cc2)CC1. The van der Waals surface area contributed by atoms with E-state index in [0.717, 1.165) is 25.9 Å². The molecule has 0 bridgehead atoms. The second-order valence-electron chi connectivity index (χ2n) is 5.48. The van der Waals surface area contributed by atoms with Crippen molar-refractivity contribution in [2.75, 3.05) is 13.1 Å². The molecular formula is C14H21ClN2O2S. The van der Waals surface area contributed by atoms with Crippen molar-refractivity contribution in [3.05, 3.63) is 29.3 Å². The lowest BCUT2D eigenvalue weighted by molar-refractivity contribution is 0.168. The number of hydrogen-bond acceptors (Lipinski definition) is 3. The number of sulfonamides is 1. The van der Waals surface area contributed by atoms with E-state index in [9.17, 15) is 8.42 Å². The lowest BCUT2D eigenvalue weighted by Crippen LogP contribution is -2.46. The highest BCUT2D eigenvalue weighted by molar-refractivity contribution is 7.89. The first kappa shape index (κ1) is 15.8. The summed E-state index contributed by atoms with van der Waals surface area (Å²) in [5, 5.41) is 0.536. The van der Waals surface area contributed by atoms with Crippen molar-refractivity contribution < 1.29 is 8.42 Å². The lowest BCUT2D eigenvalue weighted by Gasteiger charge is -2.34. The van der Waals surface area contributed by atoms with Gasteiger partial charge >= 0.3 is 0 Å². The van der Waals surface area contributed by atoms with Gasteiger partial charge in [-0.1, -0.05) is 11.6 Å². The van der Waals surface area contributed by atoms with Gasteiger partial charge < -0.3 is 4.90 Å². The van der Waals surface area contributed by atoms with Gasteiger partial charge in [0.2, 0.25) is 10.0 Å². The fourth-order valence-electron chi connectivity index (χ4n) is 2.43. The van der Waals surface area contributed by atoms with Crippen LogP contribution in [-0.2, 0) is 10.0 Å². The summed E-state index contributed by atoms with van der Waals surface area (Å²) in [4.78, 5) is 2.64. The van der Waals surface area contributed by atoms with Gasteiger partial charge in [0, 0.05) is 17.1 Å². The fraction of sp³-hybridized carbons (Fsp3) is 0.571. The quantitative estimate of drug-likeness (QED) is 0.928. The highest BCUT2D eigenvalue weighted by atomic mass is 35.5. The molecule has 1 saturated heterocycles. The molecule has 20 heavy (non-hydrogen) atoms. The Labute approximate surface area is 126 Å². The second-order valence-corrected chi connectivity index (χ2v) is 7.63. The highest BCUT2D eigenvalue weighted by Gasteiger charge is 2.25. The Morgan fingerprint density at radius 2 is 1.75 bits per heavy atom. The van der Waals surface area contributed by atoms with Crippen molar-refractivity contribution in [2.24, 2.45) is 0 Å². The third-order valence-corrected chi connectivity index (χ3v) is 5.49. The molecule has 1 heterocycles. The van der Waals surface area contributed by atoms with E-state index in [2.05, 4.69) is 23.5 Å². The van der Waals surface area contributed by atoms with Crippen molar-refractivity contribution >= 4 is 21.6 Å². The number of nitrogens with zero attached hydrogens (tertiary/aromatic N) is 1. The first-order chi connectivity index (χ1) is 9.38. The van der Waals surface area contributed by atoms with Gasteiger partial charge in [-0.2, -0.15) is 0 Å². The number of halogens is 1. The number of likely N-dealkylation sites (tertiary alicyclic amines) is 1. The zero-order chi connectivity index (χ0) is 14.8. The fourth-order valence-corrected chi connectivity index (χ4v) is 3.87. The second kappa shape index (κ2) is 6.43. The molecular weight excluding hydrogens is 296 g/mol. The molecule has 1 aliphatic heterocycles. The minimum atomic E-state index is -3.44. The molecule has 112 valence electrons. The van der Waals surface area contributed by atoms with Gasteiger partial charge in [-0.15, -0.1) is 0 Å². The van der Waals surface area contributed by atoms with E-state index >= 15 is 0 Å². The van der Waals surface area contributed by atoms with E-state index in [1.165, 1.54) is 12.1 Å². The monoisotopic (exact) mass is 316 g/mol. The van der Waals surface area contributed by atoms with Gasteiger partial charge in [0.1, 0.15) is 0 Å². The van der Waals surface area contributed by atoms with E-state index < -0.39 is 10.0 Å². The number of benzene rings is 1. The summed E-state index contributed by atoms with van der Waals surface area (Å²) in [5.74, 6) is 0. The van der Waals surface area contributed by atoms with Gasteiger partial charge in [0.15, 0.2) is 0 Å². The van der Waals surface area contributed by atoms with Crippen molar-refractivity contribution in [2.45, 2.75) is 43.7 Å². The molecule has 4 nitrogen and oxygen atoms in total. The topological polar surface area (TPSA) is 49.4 Å². The van der Waals surface area contributed by atoms with Crippen LogP contribution in [0.5, 0.6) is 0 Å². The van der Waals surface area contributed by atoms with Crippen LogP contribution in [0.3, 0.4) is 0 Å². The van der Waals surface area contributed by atoms with Crippen molar-refractivity contribution in [3.63, 3.8) is 0 Å². The Morgan fingerprint density at radius 1 is 1.20 bits per heavy atom. The smallest absolute Gasteiger partial charge is 0.240 e. The molecule has 2 rings (SSSR count). The molecule has 0 amide bonds. The summed E-state index contributed by atoms with van der Waals surface area (Å²) < 4.78 is 27.3. The highest BCUT2D eigenvalue weighted by Crippen LogP contribution is 2.18.